The van der Waals surface area contributed by atoms with Crippen LogP contribution in [-0.4, -0.2) is 51.2 Å². The SMILES string of the molecule is N#CC1(NC=O)CC1.O=C(C1CCC(S(=O)c2ccc(F)cc2C(F)(F)F)C1)N1CC(F)(F)C1. The number of nitriles is 1. The third kappa shape index (κ3) is 5.89. The molecule has 4 rings (SSSR count). The van der Waals surface area contributed by atoms with Crippen LogP contribution in [0.4, 0.5) is 26.3 Å². The van der Waals surface area contributed by atoms with Crippen LogP contribution in [0, 0.1) is 23.1 Å². The first-order chi connectivity index (χ1) is 15.8. The Morgan fingerprint density at radius 2 is 1.88 bits per heavy atom. The largest absolute Gasteiger partial charge is 0.417 e. The molecule has 34 heavy (non-hydrogen) atoms. The van der Waals surface area contributed by atoms with Gasteiger partial charge in [-0.25, -0.2) is 13.2 Å². The van der Waals surface area contributed by atoms with Gasteiger partial charge in [-0.3, -0.25) is 13.8 Å². The van der Waals surface area contributed by atoms with Gasteiger partial charge in [0, 0.05) is 11.2 Å². The molecule has 2 amide bonds. The smallest absolute Gasteiger partial charge is 0.340 e. The summed E-state index contributed by atoms with van der Waals surface area (Å²) in [6.45, 7) is -1.32. The average Bonchev–Trinajstić information content (AvgIpc) is 3.35. The lowest BCUT2D eigenvalue weighted by atomic mass is 10.0. The lowest BCUT2D eigenvalue weighted by Crippen LogP contribution is -2.59. The quantitative estimate of drug-likeness (QED) is 0.487. The van der Waals surface area contributed by atoms with Crippen molar-refractivity contribution < 1.29 is 40.1 Å². The van der Waals surface area contributed by atoms with Gasteiger partial charge in [0.2, 0.25) is 12.3 Å². The Morgan fingerprint density at radius 3 is 2.35 bits per heavy atom. The lowest BCUT2D eigenvalue weighted by Gasteiger charge is -2.40. The van der Waals surface area contributed by atoms with E-state index in [1.165, 1.54) is 0 Å². The Labute approximate surface area is 193 Å². The van der Waals surface area contributed by atoms with E-state index >= 15 is 0 Å². The van der Waals surface area contributed by atoms with Crippen LogP contribution < -0.4 is 5.32 Å². The van der Waals surface area contributed by atoms with E-state index < -0.39 is 74.9 Å². The minimum Gasteiger partial charge on any atom is -0.340 e. The highest BCUT2D eigenvalue weighted by Crippen LogP contribution is 2.39. The van der Waals surface area contributed by atoms with Gasteiger partial charge in [0.25, 0.3) is 5.92 Å². The molecule has 2 aliphatic carbocycles. The minimum atomic E-state index is -4.86. The van der Waals surface area contributed by atoms with Crippen LogP contribution in [0.1, 0.15) is 37.7 Å². The van der Waals surface area contributed by atoms with Gasteiger partial charge in [0.1, 0.15) is 11.4 Å². The topological polar surface area (TPSA) is 90.3 Å². The van der Waals surface area contributed by atoms with Crippen LogP contribution >= 0.6 is 0 Å². The third-order valence-electron chi connectivity index (χ3n) is 5.96. The summed E-state index contributed by atoms with van der Waals surface area (Å²) in [7, 11) is -2.08. The van der Waals surface area contributed by atoms with Gasteiger partial charge in [0.15, 0.2) is 0 Å². The lowest BCUT2D eigenvalue weighted by molar-refractivity contribution is -0.169. The van der Waals surface area contributed by atoms with Crippen molar-refractivity contribution in [1.82, 2.24) is 10.2 Å². The average molecular weight is 509 g/mol. The highest BCUT2D eigenvalue weighted by Gasteiger charge is 2.49. The van der Waals surface area contributed by atoms with Gasteiger partial charge in [-0.05, 0) is 50.3 Å². The second kappa shape index (κ2) is 9.56. The molecular weight excluding hydrogens is 488 g/mol. The van der Waals surface area contributed by atoms with Crippen LogP contribution in [0.25, 0.3) is 0 Å². The van der Waals surface area contributed by atoms with E-state index in [9.17, 15) is 40.1 Å². The summed E-state index contributed by atoms with van der Waals surface area (Å²) >= 11 is 0. The zero-order chi connectivity index (χ0) is 25.3. The van der Waals surface area contributed by atoms with Crippen LogP contribution in [0.3, 0.4) is 0 Å². The molecule has 186 valence electrons. The minimum absolute atomic E-state index is 0.0577. The maximum Gasteiger partial charge on any atom is 0.417 e. The summed E-state index contributed by atoms with van der Waals surface area (Å²) in [5, 5.41) is 10.0. The standard InChI is InChI=1S/C16H15F6NO2S.C5H6N2O/c17-10-2-4-13(12(6-10)16(20,21)22)26(25)11-3-1-9(5-11)14(24)23-7-15(18,19)8-23;6-3-5(1-2-5)7-4-8/h2,4,6,9,11H,1,3,5,7-8H2;4H,1-2H2,(H,7,8). The molecule has 0 aromatic heterocycles. The van der Waals surface area contributed by atoms with Crippen molar-refractivity contribution in [2.24, 2.45) is 5.92 Å². The molecule has 3 fully saturated rings. The molecular formula is C21H21F6N3O3S. The van der Waals surface area contributed by atoms with Gasteiger partial charge in [-0.1, -0.05) is 0 Å². The van der Waals surface area contributed by atoms with Crippen molar-refractivity contribution in [2.45, 2.75) is 59.9 Å². The van der Waals surface area contributed by atoms with Gasteiger partial charge < -0.3 is 10.2 Å². The molecule has 3 aliphatic rings. The predicted molar refractivity (Wildman–Crippen MR) is 107 cm³/mol. The van der Waals surface area contributed by atoms with E-state index in [1.807, 2.05) is 6.07 Å². The van der Waals surface area contributed by atoms with E-state index in [1.54, 1.807) is 0 Å². The predicted octanol–water partition coefficient (Wildman–Crippen LogP) is 3.39. The molecule has 3 atom stereocenters. The van der Waals surface area contributed by atoms with E-state index in [2.05, 4.69) is 5.32 Å². The summed E-state index contributed by atoms with van der Waals surface area (Å²) in [5.41, 5.74) is -1.77. The summed E-state index contributed by atoms with van der Waals surface area (Å²) in [4.78, 5) is 22.4. The molecule has 1 heterocycles. The number of rotatable bonds is 5. The first kappa shape index (κ1) is 26.0. The van der Waals surface area contributed by atoms with Crippen LogP contribution in [0.5, 0.6) is 0 Å². The Bertz CT molecular complexity index is 1010. The van der Waals surface area contributed by atoms with Crippen molar-refractivity contribution in [2.75, 3.05) is 13.1 Å². The van der Waals surface area contributed by atoms with Crippen molar-refractivity contribution in [3.05, 3.63) is 29.6 Å². The van der Waals surface area contributed by atoms with Crippen LogP contribution in [0.15, 0.2) is 23.1 Å². The molecule has 0 bridgehead atoms. The van der Waals surface area contributed by atoms with E-state index in [4.69, 9.17) is 5.26 Å². The monoisotopic (exact) mass is 509 g/mol. The number of hydrogen-bond donors (Lipinski definition) is 1. The Hall–Kier alpha value is -2.62. The maximum atomic E-state index is 13.2. The van der Waals surface area contributed by atoms with Crippen molar-refractivity contribution in [1.29, 1.82) is 5.26 Å². The van der Waals surface area contributed by atoms with Crippen molar-refractivity contribution in [3.63, 3.8) is 0 Å². The number of hydrogen-bond acceptors (Lipinski definition) is 4. The van der Waals surface area contributed by atoms with Gasteiger partial charge in [-0.15, -0.1) is 0 Å². The normalized spacial score (nSPS) is 25.1. The van der Waals surface area contributed by atoms with E-state index in [0.717, 1.165) is 29.9 Å². The fourth-order valence-electron chi connectivity index (χ4n) is 3.89. The molecule has 6 nitrogen and oxygen atoms in total. The summed E-state index contributed by atoms with van der Waals surface area (Å²) < 4.78 is 90.7. The Kier molecular flexibility index (Phi) is 7.31. The van der Waals surface area contributed by atoms with Crippen molar-refractivity contribution >= 4 is 23.1 Å². The molecule has 2 saturated carbocycles. The first-order valence-electron chi connectivity index (χ1n) is 10.4. The number of benzene rings is 1. The number of likely N-dealkylation sites (tertiary alicyclic amines) is 1. The van der Waals surface area contributed by atoms with Gasteiger partial charge >= 0.3 is 6.18 Å². The molecule has 0 spiro atoms. The zero-order valence-electron chi connectivity index (χ0n) is 17.7. The molecule has 3 unspecified atom stereocenters. The maximum absolute atomic E-state index is 13.2. The fraction of sp³-hybridized carbons (Fsp3) is 0.571. The summed E-state index contributed by atoms with van der Waals surface area (Å²) in [5.74, 6) is -5.09. The molecule has 13 heteroatoms. The number of amides is 2. The van der Waals surface area contributed by atoms with Gasteiger partial charge in [-0.2, -0.15) is 18.4 Å². The zero-order valence-corrected chi connectivity index (χ0v) is 18.5. The van der Waals surface area contributed by atoms with E-state index in [-0.39, 0.29) is 19.3 Å². The fourth-order valence-corrected chi connectivity index (χ4v) is 5.60. The number of nitrogens with one attached hydrogen (secondary N) is 1. The van der Waals surface area contributed by atoms with Crippen molar-refractivity contribution in [3.8, 4) is 6.07 Å². The second-order valence-electron chi connectivity index (χ2n) is 8.57. The van der Waals surface area contributed by atoms with Crippen LogP contribution in [-0.2, 0) is 26.6 Å². The second-order valence-corrected chi connectivity index (χ2v) is 10.3. The number of carbonyl (C=O) groups excluding carboxylic acids is 2. The Morgan fingerprint density at radius 1 is 1.24 bits per heavy atom. The van der Waals surface area contributed by atoms with E-state index in [0.29, 0.717) is 12.5 Å². The number of halogens is 6. The summed E-state index contributed by atoms with van der Waals surface area (Å²) in [6, 6.07) is 3.96. The Balaban J connectivity index is 0.000000343. The number of nitrogens with zero attached hydrogens (tertiary/aromatic N) is 2. The molecule has 1 saturated heterocycles. The third-order valence-corrected chi connectivity index (χ3v) is 7.78. The molecule has 0 radical (unpaired) electrons. The highest BCUT2D eigenvalue weighted by atomic mass is 32.2. The molecule has 1 aromatic carbocycles. The molecule has 1 N–H and O–H groups in total. The van der Waals surface area contributed by atoms with Crippen LogP contribution in [0.2, 0.25) is 0 Å². The van der Waals surface area contributed by atoms with Gasteiger partial charge in [0.05, 0.1) is 40.4 Å². The molecule has 1 aliphatic heterocycles. The molecule has 1 aromatic rings. The highest BCUT2D eigenvalue weighted by molar-refractivity contribution is 7.85. The number of alkyl halides is 5. The first-order valence-corrected chi connectivity index (χ1v) is 11.6. The summed E-state index contributed by atoms with van der Waals surface area (Å²) in [6.07, 6.45) is -2.09. The number of carbonyl (C=O) groups is 2.